The van der Waals surface area contributed by atoms with Crippen LogP contribution in [0.3, 0.4) is 0 Å². The molecule has 2 rings (SSSR count). The number of benzene rings is 2. The van der Waals surface area contributed by atoms with Gasteiger partial charge in [0.05, 0.1) is 9.95 Å². The molecule has 0 radical (unpaired) electrons. The normalized spacial score (nSPS) is 12.0. The Hall–Kier alpha value is -2.21. The van der Waals surface area contributed by atoms with E-state index in [1.54, 1.807) is 6.92 Å². The van der Waals surface area contributed by atoms with E-state index in [-0.39, 0.29) is 16.4 Å². The van der Waals surface area contributed by atoms with Crippen LogP contribution in [0.5, 0.6) is 0 Å². The summed E-state index contributed by atoms with van der Waals surface area (Å²) in [6, 6.07) is 7.16. The summed E-state index contributed by atoms with van der Waals surface area (Å²) in [5, 5.41) is 13.6. The lowest BCUT2D eigenvalue weighted by atomic mass is 10.1. The smallest absolute Gasteiger partial charge is 0.295 e. The van der Waals surface area contributed by atoms with Crippen molar-refractivity contribution in [3.8, 4) is 0 Å². The average Bonchev–Trinajstić information content (AvgIpc) is 2.43. The van der Waals surface area contributed by atoms with Crippen LogP contribution in [0.2, 0.25) is 5.02 Å². The van der Waals surface area contributed by atoms with E-state index in [1.165, 1.54) is 30.3 Å². The zero-order chi connectivity index (χ0) is 15.6. The van der Waals surface area contributed by atoms with E-state index >= 15 is 0 Å². The van der Waals surface area contributed by atoms with Gasteiger partial charge in [0.15, 0.2) is 5.82 Å². The van der Waals surface area contributed by atoms with E-state index < -0.39 is 22.6 Å². The maximum atomic E-state index is 13.8. The number of rotatable bonds is 4. The Labute approximate surface area is 124 Å². The van der Waals surface area contributed by atoms with E-state index in [9.17, 15) is 18.9 Å². The van der Waals surface area contributed by atoms with E-state index in [0.717, 1.165) is 6.07 Å². The Balaban J connectivity index is 2.33. The zero-order valence-corrected chi connectivity index (χ0v) is 11.7. The molecule has 0 heterocycles. The summed E-state index contributed by atoms with van der Waals surface area (Å²) in [6.45, 7) is 1.67. The maximum absolute atomic E-state index is 13.8. The molecule has 0 saturated carbocycles. The standard InChI is InChI=1S/C14H11ClF2N2O2/c1-8(9-5-6-11(16)10(15)7-9)18-14-12(17)3-2-4-13(14)19(20)21/h2-8,18H,1H3. The van der Waals surface area contributed by atoms with Crippen LogP contribution in [0.4, 0.5) is 20.2 Å². The highest BCUT2D eigenvalue weighted by molar-refractivity contribution is 6.30. The number of halogens is 3. The van der Waals surface area contributed by atoms with Crippen LogP contribution >= 0.6 is 11.6 Å². The summed E-state index contributed by atoms with van der Waals surface area (Å²) in [7, 11) is 0. The summed E-state index contributed by atoms with van der Waals surface area (Å²) in [4.78, 5) is 10.2. The van der Waals surface area contributed by atoms with Crippen LogP contribution < -0.4 is 5.32 Å². The lowest BCUT2D eigenvalue weighted by Crippen LogP contribution is -2.10. The molecule has 110 valence electrons. The number of nitrogens with one attached hydrogen (secondary N) is 1. The molecule has 2 aromatic carbocycles. The van der Waals surface area contributed by atoms with Gasteiger partial charge in [-0.15, -0.1) is 0 Å². The van der Waals surface area contributed by atoms with E-state index in [0.29, 0.717) is 5.56 Å². The first kappa shape index (κ1) is 15.2. The Morgan fingerprint density at radius 2 is 1.95 bits per heavy atom. The quantitative estimate of drug-likeness (QED) is 0.657. The van der Waals surface area contributed by atoms with Crippen molar-refractivity contribution in [1.29, 1.82) is 0 Å². The lowest BCUT2D eigenvalue weighted by Gasteiger charge is -2.16. The predicted octanol–water partition coefficient (Wildman–Crippen LogP) is 4.70. The number of anilines is 1. The monoisotopic (exact) mass is 312 g/mol. The zero-order valence-electron chi connectivity index (χ0n) is 10.9. The van der Waals surface area contributed by atoms with Crippen LogP contribution in [-0.4, -0.2) is 4.92 Å². The van der Waals surface area contributed by atoms with Gasteiger partial charge in [0.1, 0.15) is 11.5 Å². The second-order valence-electron chi connectivity index (χ2n) is 4.43. The molecule has 4 nitrogen and oxygen atoms in total. The minimum Gasteiger partial charge on any atom is -0.371 e. The fraction of sp³-hybridized carbons (Fsp3) is 0.143. The third-order valence-electron chi connectivity index (χ3n) is 2.99. The molecule has 1 atom stereocenters. The largest absolute Gasteiger partial charge is 0.371 e. The SMILES string of the molecule is CC(Nc1c(F)cccc1[N+](=O)[O-])c1ccc(F)c(Cl)c1. The second kappa shape index (κ2) is 6.05. The number of nitrogens with zero attached hydrogens (tertiary/aromatic N) is 1. The highest BCUT2D eigenvalue weighted by Crippen LogP contribution is 2.31. The van der Waals surface area contributed by atoms with Gasteiger partial charge in [0.25, 0.3) is 5.69 Å². The van der Waals surface area contributed by atoms with Crippen molar-refractivity contribution in [2.24, 2.45) is 0 Å². The molecule has 1 unspecified atom stereocenters. The van der Waals surface area contributed by atoms with E-state index in [2.05, 4.69) is 5.32 Å². The van der Waals surface area contributed by atoms with Crippen LogP contribution in [-0.2, 0) is 0 Å². The van der Waals surface area contributed by atoms with Crippen molar-refractivity contribution < 1.29 is 13.7 Å². The van der Waals surface area contributed by atoms with Crippen LogP contribution in [0, 0.1) is 21.7 Å². The Kier molecular flexibility index (Phi) is 4.37. The van der Waals surface area contributed by atoms with Crippen molar-refractivity contribution in [2.45, 2.75) is 13.0 Å². The van der Waals surface area contributed by atoms with Gasteiger partial charge in [-0.25, -0.2) is 8.78 Å². The summed E-state index contributed by atoms with van der Waals surface area (Å²) in [5.74, 6) is -1.30. The van der Waals surface area contributed by atoms with E-state index in [4.69, 9.17) is 11.6 Å². The topological polar surface area (TPSA) is 55.2 Å². The van der Waals surface area contributed by atoms with Crippen LogP contribution in [0.15, 0.2) is 36.4 Å². The van der Waals surface area contributed by atoms with E-state index in [1.807, 2.05) is 0 Å². The molecule has 1 N–H and O–H groups in total. The predicted molar refractivity (Wildman–Crippen MR) is 76.5 cm³/mol. The molecule has 0 fully saturated rings. The van der Waals surface area contributed by atoms with Crippen molar-refractivity contribution >= 4 is 23.0 Å². The number of nitro benzene ring substituents is 1. The summed E-state index contributed by atoms with van der Waals surface area (Å²) < 4.78 is 26.9. The van der Waals surface area contributed by atoms with Gasteiger partial charge in [0, 0.05) is 12.1 Å². The minimum absolute atomic E-state index is 0.0656. The Bertz CT molecular complexity index is 695. The first-order chi connectivity index (χ1) is 9.90. The summed E-state index contributed by atoms with van der Waals surface area (Å²) in [5.41, 5.74) is 0.00413. The van der Waals surface area contributed by atoms with Gasteiger partial charge in [-0.2, -0.15) is 0 Å². The van der Waals surface area contributed by atoms with Crippen molar-refractivity contribution in [2.75, 3.05) is 5.32 Å². The number of hydrogen-bond acceptors (Lipinski definition) is 3. The molecule has 0 aliphatic carbocycles. The molecule has 0 saturated heterocycles. The average molecular weight is 313 g/mol. The van der Waals surface area contributed by atoms with Gasteiger partial charge < -0.3 is 5.32 Å². The minimum atomic E-state index is -0.732. The molecule has 0 aromatic heterocycles. The van der Waals surface area contributed by atoms with Gasteiger partial charge in [-0.3, -0.25) is 10.1 Å². The molecular weight excluding hydrogens is 302 g/mol. The van der Waals surface area contributed by atoms with Crippen molar-refractivity contribution in [3.63, 3.8) is 0 Å². The molecule has 0 amide bonds. The van der Waals surface area contributed by atoms with Gasteiger partial charge in [-0.05, 0) is 30.7 Å². The van der Waals surface area contributed by atoms with Crippen molar-refractivity contribution in [1.82, 2.24) is 0 Å². The first-order valence-corrected chi connectivity index (χ1v) is 6.42. The number of para-hydroxylation sites is 1. The molecule has 0 aliphatic rings. The Morgan fingerprint density at radius 1 is 1.24 bits per heavy atom. The van der Waals surface area contributed by atoms with Gasteiger partial charge in [0.2, 0.25) is 0 Å². The molecular formula is C14H11ClF2N2O2. The molecule has 2 aromatic rings. The third kappa shape index (κ3) is 3.28. The van der Waals surface area contributed by atoms with Gasteiger partial charge in [-0.1, -0.05) is 23.7 Å². The maximum Gasteiger partial charge on any atom is 0.295 e. The molecule has 21 heavy (non-hydrogen) atoms. The highest BCUT2D eigenvalue weighted by Gasteiger charge is 2.20. The fourth-order valence-corrected chi connectivity index (χ4v) is 2.08. The van der Waals surface area contributed by atoms with Crippen LogP contribution in [0.1, 0.15) is 18.5 Å². The van der Waals surface area contributed by atoms with Gasteiger partial charge >= 0.3 is 0 Å². The summed E-state index contributed by atoms with van der Waals surface area (Å²) in [6.07, 6.45) is 0. The lowest BCUT2D eigenvalue weighted by molar-refractivity contribution is -0.384. The third-order valence-corrected chi connectivity index (χ3v) is 3.28. The molecule has 7 heteroatoms. The molecule has 0 spiro atoms. The summed E-state index contributed by atoms with van der Waals surface area (Å²) >= 11 is 5.69. The van der Waals surface area contributed by atoms with Crippen LogP contribution in [0.25, 0.3) is 0 Å². The Morgan fingerprint density at radius 3 is 2.57 bits per heavy atom. The molecule has 0 bridgehead atoms. The number of hydrogen-bond donors (Lipinski definition) is 1. The highest BCUT2D eigenvalue weighted by atomic mass is 35.5. The fourth-order valence-electron chi connectivity index (χ4n) is 1.89. The second-order valence-corrected chi connectivity index (χ2v) is 4.84. The number of nitro groups is 1. The first-order valence-electron chi connectivity index (χ1n) is 6.04. The van der Waals surface area contributed by atoms with Crippen molar-refractivity contribution in [3.05, 3.63) is 68.7 Å². The molecule has 0 aliphatic heterocycles.